The fraction of sp³-hybridized carbons (Fsp3) is 0.706. The number of halogens is 1. The number of aromatic nitrogens is 2. The summed E-state index contributed by atoms with van der Waals surface area (Å²) in [7, 11) is 1.74. The van der Waals surface area contributed by atoms with Gasteiger partial charge >= 0.3 is 0 Å². The Balaban J connectivity index is 0.00000261. The summed E-state index contributed by atoms with van der Waals surface area (Å²) in [6.45, 7) is 6.23. The minimum atomic E-state index is -0.673. The standard InChI is InChI=1S/C17H28N6O2S.HI/c1-3-18-16(20-12-17(25)4-11-26-13-17)23-9-7-22(8-10-23)14-15(24)21(2)6-5-19-14;/h5-6,25H,3-4,7-13H2,1-2H3,(H,18,20);1H. The van der Waals surface area contributed by atoms with Crippen molar-refractivity contribution in [3.8, 4) is 0 Å². The Morgan fingerprint density at radius 1 is 1.41 bits per heavy atom. The van der Waals surface area contributed by atoms with Crippen molar-refractivity contribution in [3.05, 3.63) is 22.7 Å². The minimum Gasteiger partial charge on any atom is -0.387 e. The highest BCUT2D eigenvalue weighted by Gasteiger charge is 2.32. The first-order valence-electron chi connectivity index (χ1n) is 9.12. The van der Waals surface area contributed by atoms with E-state index >= 15 is 0 Å². The smallest absolute Gasteiger partial charge is 0.293 e. The number of piperazine rings is 1. The molecule has 2 saturated heterocycles. The first kappa shape index (κ1) is 22.3. The van der Waals surface area contributed by atoms with Crippen LogP contribution in [0.15, 0.2) is 22.2 Å². The number of guanidine groups is 1. The summed E-state index contributed by atoms with van der Waals surface area (Å²) < 4.78 is 1.56. The first-order chi connectivity index (χ1) is 12.5. The SMILES string of the molecule is CCNC(=NCC1(O)CCSC1)N1CCN(c2nccn(C)c2=O)CC1.I. The molecule has 2 fully saturated rings. The predicted octanol–water partition coefficient (Wildman–Crippen LogP) is 0.354. The van der Waals surface area contributed by atoms with E-state index in [-0.39, 0.29) is 29.5 Å². The molecule has 0 aliphatic carbocycles. The fourth-order valence-electron chi connectivity index (χ4n) is 3.20. The largest absolute Gasteiger partial charge is 0.387 e. The van der Waals surface area contributed by atoms with Gasteiger partial charge in [0.25, 0.3) is 5.56 Å². The van der Waals surface area contributed by atoms with Gasteiger partial charge < -0.3 is 24.8 Å². The van der Waals surface area contributed by atoms with Gasteiger partial charge in [-0.15, -0.1) is 24.0 Å². The van der Waals surface area contributed by atoms with E-state index in [4.69, 9.17) is 0 Å². The quantitative estimate of drug-likeness (QED) is 0.345. The molecule has 8 nitrogen and oxygen atoms in total. The zero-order valence-corrected chi connectivity index (χ0v) is 19.1. The van der Waals surface area contributed by atoms with E-state index in [2.05, 4.69) is 20.2 Å². The van der Waals surface area contributed by atoms with E-state index in [1.165, 1.54) is 0 Å². The lowest BCUT2D eigenvalue weighted by atomic mass is 10.0. The molecule has 2 aliphatic heterocycles. The van der Waals surface area contributed by atoms with Gasteiger partial charge in [-0.3, -0.25) is 9.79 Å². The van der Waals surface area contributed by atoms with Crippen LogP contribution in [0.2, 0.25) is 0 Å². The van der Waals surface area contributed by atoms with Gasteiger partial charge in [0.05, 0.1) is 12.1 Å². The van der Waals surface area contributed by atoms with Gasteiger partial charge in [-0.2, -0.15) is 11.8 Å². The minimum absolute atomic E-state index is 0. The van der Waals surface area contributed by atoms with Crippen LogP contribution in [0.3, 0.4) is 0 Å². The normalized spacial score (nSPS) is 23.3. The number of anilines is 1. The van der Waals surface area contributed by atoms with Crippen molar-refractivity contribution in [2.75, 3.05) is 55.7 Å². The number of nitrogens with zero attached hydrogens (tertiary/aromatic N) is 5. The molecule has 1 atom stereocenters. The summed E-state index contributed by atoms with van der Waals surface area (Å²) in [6, 6.07) is 0. The third-order valence-corrected chi connectivity index (χ3v) is 6.05. The van der Waals surface area contributed by atoms with Crippen LogP contribution < -0.4 is 15.8 Å². The number of aliphatic imine (C=N–C) groups is 1. The first-order valence-corrected chi connectivity index (χ1v) is 10.3. The van der Waals surface area contributed by atoms with Crippen LogP contribution in [0.25, 0.3) is 0 Å². The molecule has 27 heavy (non-hydrogen) atoms. The number of nitrogens with one attached hydrogen (secondary N) is 1. The molecule has 152 valence electrons. The maximum absolute atomic E-state index is 12.3. The summed E-state index contributed by atoms with van der Waals surface area (Å²) in [5.41, 5.74) is -0.740. The van der Waals surface area contributed by atoms with Crippen molar-refractivity contribution in [1.82, 2.24) is 19.8 Å². The molecular formula is C17H29IN6O2S. The molecule has 1 unspecified atom stereocenters. The van der Waals surface area contributed by atoms with Crippen molar-refractivity contribution >= 4 is 47.5 Å². The van der Waals surface area contributed by atoms with Gasteiger partial charge in [-0.25, -0.2) is 4.98 Å². The molecule has 0 spiro atoms. The van der Waals surface area contributed by atoms with Crippen molar-refractivity contribution in [3.63, 3.8) is 0 Å². The second-order valence-corrected chi connectivity index (χ2v) is 7.94. The van der Waals surface area contributed by atoms with Crippen LogP contribution in [-0.2, 0) is 7.05 Å². The Hall–Kier alpha value is -1.01. The van der Waals surface area contributed by atoms with E-state index in [1.807, 2.05) is 11.8 Å². The monoisotopic (exact) mass is 508 g/mol. The van der Waals surface area contributed by atoms with Crippen molar-refractivity contribution in [2.24, 2.45) is 12.0 Å². The van der Waals surface area contributed by atoms with Crippen LogP contribution in [-0.4, -0.2) is 81.9 Å². The van der Waals surface area contributed by atoms with E-state index in [0.29, 0.717) is 12.4 Å². The van der Waals surface area contributed by atoms with Crippen LogP contribution in [0, 0.1) is 0 Å². The maximum Gasteiger partial charge on any atom is 0.293 e. The van der Waals surface area contributed by atoms with E-state index in [0.717, 1.165) is 56.6 Å². The second-order valence-electron chi connectivity index (χ2n) is 6.84. The molecule has 1 aromatic heterocycles. The lowest BCUT2D eigenvalue weighted by Crippen LogP contribution is -2.54. The third-order valence-electron chi connectivity index (χ3n) is 4.82. The number of thioether (sulfide) groups is 1. The molecule has 0 radical (unpaired) electrons. The Bertz CT molecular complexity index is 699. The molecule has 2 aliphatic rings. The van der Waals surface area contributed by atoms with Crippen molar-refractivity contribution in [2.45, 2.75) is 18.9 Å². The Morgan fingerprint density at radius 2 is 2.15 bits per heavy atom. The summed E-state index contributed by atoms with van der Waals surface area (Å²) in [4.78, 5) is 25.4. The van der Waals surface area contributed by atoms with E-state index in [1.54, 1.807) is 35.8 Å². The lowest BCUT2D eigenvalue weighted by Gasteiger charge is -2.37. The Kier molecular flexibility index (Phi) is 8.22. The number of hydrogen-bond acceptors (Lipinski definition) is 6. The lowest BCUT2D eigenvalue weighted by molar-refractivity contribution is 0.0775. The van der Waals surface area contributed by atoms with Gasteiger partial charge in [0, 0.05) is 57.9 Å². The average molecular weight is 508 g/mol. The number of aliphatic hydroxyl groups is 1. The molecule has 0 aromatic carbocycles. The van der Waals surface area contributed by atoms with Crippen molar-refractivity contribution in [1.29, 1.82) is 0 Å². The second kappa shape index (κ2) is 9.97. The topological polar surface area (TPSA) is 86.0 Å². The third kappa shape index (κ3) is 5.50. The maximum atomic E-state index is 12.3. The van der Waals surface area contributed by atoms with Gasteiger partial charge in [-0.05, 0) is 19.1 Å². The molecule has 3 heterocycles. The molecule has 0 amide bonds. The zero-order valence-electron chi connectivity index (χ0n) is 15.9. The predicted molar refractivity (Wildman–Crippen MR) is 122 cm³/mol. The highest BCUT2D eigenvalue weighted by molar-refractivity contribution is 14.0. The Labute approximate surface area is 181 Å². The van der Waals surface area contributed by atoms with Gasteiger partial charge in [0.15, 0.2) is 11.8 Å². The van der Waals surface area contributed by atoms with Crippen LogP contribution in [0.1, 0.15) is 13.3 Å². The van der Waals surface area contributed by atoms with Crippen LogP contribution in [0.5, 0.6) is 0 Å². The molecule has 0 bridgehead atoms. The van der Waals surface area contributed by atoms with Gasteiger partial charge in [0.2, 0.25) is 0 Å². The highest BCUT2D eigenvalue weighted by atomic mass is 127. The fourth-order valence-corrected chi connectivity index (χ4v) is 4.48. The summed E-state index contributed by atoms with van der Waals surface area (Å²) in [5, 5.41) is 13.9. The number of rotatable bonds is 4. The molecule has 2 N–H and O–H groups in total. The van der Waals surface area contributed by atoms with Crippen molar-refractivity contribution < 1.29 is 5.11 Å². The molecule has 0 saturated carbocycles. The average Bonchev–Trinajstić information content (AvgIpc) is 3.08. The van der Waals surface area contributed by atoms with Gasteiger partial charge in [0.1, 0.15) is 0 Å². The van der Waals surface area contributed by atoms with E-state index in [9.17, 15) is 9.90 Å². The zero-order chi connectivity index (χ0) is 18.6. The van der Waals surface area contributed by atoms with E-state index < -0.39 is 5.60 Å². The van der Waals surface area contributed by atoms with Gasteiger partial charge in [-0.1, -0.05) is 0 Å². The van der Waals surface area contributed by atoms with Crippen LogP contribution >= 0.6 is 35.7 Å². The number of aryl methyl sites for hydroxylation is 1. The molecule has 3 rings (SSSR count). The Morgan fingerprint density at radius 3 is 2.78 bits per heavy atom. The highest BCUT2D eigenvalue weighted by Crippen LogP contribution is 2.28. The molecule has 10 heteroatoms. The molecular weight excluding hydrogens is 479 g/mol. The summed E-state index contributed by atoms with van der Waals surface area (Å²) in [5.74, 6) is 3.10. The van der Waals surface area contributed by atoms with Crippen LogP contribution in [0.4, 0.5) is 5.82 Å². The molecule has 1 aromatic rings. The summed E-state index contributed by atoms with van der Waals surface area (Å²) >= 11 is 1.78. The number of hydrogen-bond donors (Lipinski definition) is 2. The summed E-state index contributed by atoms with van der Waals surface area (Å²) in [6.07, 6.45) is 4.14.